The highest BCUT2D eigenvalue weighted by molar-refractivity contribution is 6.30. The summed E-state index contributed by atoms with van der Waals surface area (Å²) in [5.41, 5.74) is 3.74. The van der Waals surface area contributed by atoms with E-state index in [-0.39, 0.29) is 0 Å². The Labute approximate surface area is 156 Å². The van der Waals surface area contributed by atoms with Crippen molar-refractivity contribution in [2.75, 3.05) is 0 Å². The smallest absolute Gasteiger partial charge is 0.0715 e. The summed E-state index contributed by atoms with van der Waals surface area (Å²) in [4.78, 5) is 4.33. The van der Waals surface area contributed by atoms with Gasteiger partial charge < -0.3 is 4.57 Å². The molecule has 0 saturated carbocycles. The van der Waals surface area contributed by atoms with Crippen LogP contribution in [0.25, 0.3) is 16.6 Å². The molecule has 2 nitrogen and oxygen atoms in total. The van der Waals surface area contributed by atoms with Crippen molar-refractivity contribution >= 4 is 22.5 Å². The van der Waals surface area contributed by atoms with Crippen molar-refractivity contribution in [3.63, 3.8) is 0 Å². The van der Waals surface area contributed by atoms with E-state index in [0.29, 0.717) is 5.92 Å². The summed E-state index contributed by atoms with van der Waals surface area (Å²) in [6, 6.07) is 10.2. The lowest BCUT2D eigenvalue weighted by atomic mass is 9.90. The molecule has 2 aromatic heterocycles. The van der Waals surface area contributed by atoms with E-state index < -0.39 is 0 Å². The quantitative estimate of drug-likeness (QED) is 0.450. The van der Waals surface area contributed by atoms with Crippen LogP contribution in [0.15, 0.2) is 48.9 Å². The monoisotopic (exact) mass is 356 g/mol. The van der Waals surface area contributed by atoms with Gasteiger partial charge >= 0.3 is 0 Å². The maximum absolute atomic E-state index is 6.03. The van der Waals surface area contributed by atoms with Crippen LogP contribution in [-0.2, 0) is 0 Å². The van der Waals surface area contributed by atoms with E-state index in [9.17, 15) is 0 Å². The molecule has 1 aromatic carbocycles. The van der Waals surface area contributed by atoms with E-state index in [0.717, 1.165) is 10.7 Å². The minimum atomic E-state index is 0.614. The fourth-order valence-electron chi connectivity index (χ4n) is 3.39. The largest absolute Gasteiger partial charge is 0.315 e. The van der Waals surface area contributed by atoms with Gasteiger partial charge in [0, 0.05) is 28.5 Å². The maximum atomic E-state index is 6.03. The number of rotatable bonds is 6. The van der Waals surface area contributed by atoms with E-state index in [1.54, 1.807) is 0 Å². The maximum Gasteiger partial charge on any atom is 0.0715 e. The molecular weight excluding hydrogens is 328 g/mol. The first-order valence-corrected chi connectivity index (χ1v) is 9.83. The van der Waals surface area contributed by atoms with Crippen molar-refractivity contribution in [2.45, 2.75) is 59.3 Å². The number of halogens is 1. The van der Waals surface area contributed by atoms with Gasteiger partial charge in [0.05, 0.1) is 11.7 Å². The van der Waals surface area contributed by atoms with Gasteiger partial charge in [0.15, 0.2) is 0 Å². The number of benzene rings is 1. The second-order valence-corrected chi connectivity index (χ2v) is 6.53. The van der Waals surface area contributed by atoms with Gasteiger partial charge in [0.2, 0.25) is 0 Å². The molecule has 0 unspecified atom stereocenters. The zero-order valence-electron chi connectivity index (χ0n) is 15.8. The highest BCUT2D eigenvalue weighted by atomic mass is 35.5. The Morgan fingerprint density at radius 3 is 2.24 bits per heavy atom. The SMILES string of the molecule is CC.CCCC(CCC)c1cn(-c2ccc(Cl)cc2)c2cnccc12. The van der Waals surface area contributed by atoms with Crippen molar-refractivity contribution in [1.29, 1.82) is 0 Å². The first kappa shape index (κ1) is 19.5. The lowest BCUT2D eigenvalue weighted by Gasteiger charge is -2.14. The van der Waals surface area contributed by atoms with Gasteiger partial charge in [-0.05, 0) is 54.7 Å². The topological polar surface area (TPSA) is 17.8 Å². The Hall–Kier alpha value is -1.80. The molecule has 134 valence electrons. The molecule has 0 aliphatic carbocycles. The molecule has 0 fully saturated rings. The summed E-state index contributed by atoms with van der Waals surface area (Å²) >= 11 is 6.03. The first-order chi connectivity index (χ1) is 12.2. The van der Waals surface area contributed by atoms with Crippen LogP contribution < -0.4 is 0 Å². The van der Waals surface area contributed by atoms with Crippen LogP contribution in [-0.4, -0.2) is 9.55 Å². The Morgan fingerprint density at radius 1 is 1.00 bits per heavy atom. The second-order valence-electron chi connectivity index (χ2n) is 6.10. The van der Waals surface area contributed by atoms with E-state index in [2.05, 4.69) is 47.8 Å². The Morgan fingerprint density at radius 2 is 1.64 bits per heavy atom. The average molecular weight is 357 g/mol. The zero-order valence-corrected chi connectivity index (χ0v) is 16.6. The van der Waals surface area contributed by atoms with Crippen molar-refractivity contribution in [3.05, 3.63) is 59.5 Å². The van der Waals surface area contributed by atoms with Crippen LogP contribution in [0.2, 0.25) is 5.02 Å². The summed E-state index contributed by atoms with van der Waals surface area (Å²) in [5.74, 6) is 0.614. The fourth-order valence-corrected chi connectivity index (χ4v) is 3.52. The van der Waals surface area contributed by atoms with Crippen molar-refractivity contribution in [3.8, 4) is 5.69 Å². The zero-order chi connectivity index (χ0) is 18.2. The number of fused-ring (bicyclic) bond motifs is 1. The van der Waals surface area contributed by atoms with Crippen LogP contribution in [0.5, 0.6) is 0 Å². The molecule has 25 heavy (non-hydrogen) atoms. The van der Waals surface area contributed by atoms with Crippen LogP contribution in [0.4, 0.5) is 0 Å². The first-order valence-electron chi connectivity index (χ1n) is 9.45. The lowest BCUT2D eigenvalue weighted by Crippen LogP contribution is -1.97. The summed E-state index contributed by atoms with van der Waals surface area (Å²) in [5, 5.41) is 2.08. The molecule has 3 aromatic rings. The van der Waals surface area contributed by atoms with Crippen LogP contribution in [0.1, 0.15) is 64.9 Å². The van der Waals surface area contributed by atoms with E-state index in [1.165, 1.54) is 42.1 Å². The van der Waals surface area contributed by atoms with Gasteiger partial charge in [-0.15, -0.1) is 0 Å². The van der Waals surface area contributed by atoms with Crippen molar-refractivity contribution in [1.82, 2.24) is 9.55 Å². The molecule has 0 amide bonds. The van der Waals surface area contributed by atoms with Crippen LogP contribution >= 0.6 is 11.6 Å². The highest BCUT2D eigenvalue weighted by Crippen LogP contribution is 2.34. The molecule has 0 N–H and O–H groups in total. The molecular formula is C22H29ClN2. The molecule has 0 radical (unpaired) electrons. The predicted molar refractivity (Wildman–Crippen MR) is 110 cm³/mol. The Balaban J connectivity index is 0.00000109. The molecule has 3 rings (SSSR count). The summed E-state index contributed by atoms with van der Waals surface area (Å²) in [7, 11) is 0. The molecule has 0 aliphatic rings. The van der Waals surface area contributed by atoms with Gasteiger partial charge in [-0.2, -0.15) is 0 Å². The van der Waals surface area contributed by atoms with Gasteiger partial charge in [0.25, 0.3) is 0 Å². The minimum absolute atomic E-state index is 0.614. The molecule has 0 saturated heterocycles. The van der Waals surface area contributed by atoms with E-state index in [1.807, 2.05) is 38.4 Å². The number of aromatic nitrogens is 2. The third-order valence-electron chi connectivity index (χ3n) is 4.46. The number of nitrogens with zero attached hydrogens (tertiary/aromatic N) is 2. The molecule has 3 heteroatoms. The fraction of sp³-hybridized carbons (Fsp3) is 0.409. The molecule has 0 atom stereocenters. The lowest BCUT2D eigenvalue weighted by molar-refractivity contribution is 0.563. The van der Waals surface area contributed by atoms with Gasteiger partial charge in [-0.1, -0.05) is 52.1 Å². The Kier molecular flexibility index (Phi) is 7.52. The molecule has 0 spiro atoms. The molecule has 0 aliphatic heterocycles. The van der Waals surface area contributed by atoms with Crippen LogP contribution in [0, 0.1) is 0 Å². The molecule has 0 bridgehead atoms. The highest BCUT2D eigenvalue weighted by Gasteiger charge is 2.17. The second kappa shape index (κ2) is 9.62. The third-order valence-corrected chi connectivity index (χ3v) is 4.71. The third kappa shape index (κ3) is 4.43. The Bertz CT molecular complexity index is 768. The van der Waals surface area contributed by atoms with Gasteiger partial charge in [-0.25, -0.2) is 0 Å². The van der Waals surface area contributed by atoms with E-state index in [4.69, 9.17) is 11.6 Å². The van der Waals surface area contributed by atoms with Crippen molar-refractivity contribution < 1.29 is 0 Å². The number of hydrogen-bond donors (Lipinski definition) is 0. The average Bonchev–Trinajstić information content (AvgIpc) is 3.04. The molecule has 2 heterocycles. The summed E-state index contributed by atoms with van der Waals surface area (Å²) < 4.78 is 2.24. The number of hydrogen-bond acceptors (Lipinski definition) is 1. The minimum Gasteiger partial charge on any atom is -0.315 e. The summed E-state index contributed by atoms with van der Waals surface area (Å²) in [6.07, 6.45) is 11.0. The normalized spacial score (nSPS) is 10.8. The standard InChI is InChI=1S/C20H23ClN2.C2H6/c1-3-5-15(6-4-2)19-14-23(17-9-7-16(21)8-10-17)20-13-22-12-11-18(19)20;1-2/h7-15H,3-6H2,1-2H3;1-2H3. The summed E-state index contributed by atoms with van der Waals surface area (Å²) in [6.45, 7) is 8.53. The van der Waals surface area contributed by atoms with Crippen LogP contribution in [0.3, 0.4) is 0 Å². The predicted octanol–water partition coefficient (Wildman–Crippen LogP) is 7.39. The van der Waals surface area contributed by atoms with Crippen molar-refractivity contribution in [2.24, 2.45) is 0 Å². The number of pyridine rings is 1. The van der Waals surface area contributed by atoms with E-state index >= 15 is 0 Å². The van der Waals surface area contributed by atoms with Gasteiger partial charge in [-0.3, -0.25) is 4.98 Å². The van der Waals surface area contributed by atoms with Gasteiger partial charge in [0.1, 0.15) is 0 Å².